The second kappa shape index (κ2) is 11.5. The Morgan fingerprint density at radius 2 is 1.57 bits per heavy atom. The second-order valence-corrected chi connectivity index (χ2v) is 11.6. The van der Waals surface area contributed by atoms with Gasteiger partial charge in [0.1, 0.15) is 17.3 Å². The number of benzene rings is 4. The van der Waals surface area contributed by atoms with Crippen LogP contribution in [0.4, 0.5) is 0 Å². The maximum atomic E-state index is 6.52. The Morgan fingerprint density at radius 3 is 2.39 bits per heavy atom. The number of pyridine rings is 1. The van der Waals surface area contributed by atoms with Crippen molar-refractivity contribution in [3.63, 3.8) is 0 Å². The zero-order chi connectivity index (χ0) is 30.2. The van der Waals surface area contributed by atoms with Crippen LogP contribution in [0.5, 0.6) is 11.5 Å². The van der Waals surface area contributed by atoms with E-state index in [1.54, 1.807) is 0 Å². The van der Waals surface area contributed by atoms with E-state index in [1.165, 1.54) is 40.3 Å². The van der Waals surface area contributed by atoms with Crippen LogP contribution in [0.25, 0.3) is 44.4 Å². The molecule has 0 N–H and O–H groups in total. The third-order valence-electron chi connectivity index (χ3n) is 8.40. The first-order chi connectivity index (χ1) is 21.5. The molecule has 0 aliphatic heterocycles. The summed E-state index contributed by atoms with van der Waals surface area (Å²) in [7, 11) is 0. The van der Waals surface area contributed by atoms with Crippen LogP contribution in [0.2, 0.25) is 0 Å². The largest absolute Gasteiger partial charge is 0.457 e. The van der Waals surface area contributed by atoms with Crippen LogP contribution in [0, 0.1) is 20.8 Å². The van der Waals surface area contributed by atoms with E-state index in [-0.39, 0.29) is 0 Å². The molecule has 0 atom stereocenters. The summed E-state index contributed by atoms with van der Waals surface area (Å²) in [5, 5.41) is 7.33. The Kier molecular flexibility index (Phi) is 7.23. The predicted molar refractivity (Wildman–Crippen MR) is 180 cm³/mol. The summed E-state index contributed by atoms with van der Waals surface area (Å²) < 4.78 is 10.8. The lowest BCUT2D eigenvalue weighted by Crippen LogP contribution is -1.99. The molecule has 5 heteroatoms. The molecule has 0 aliphatic carbocycles. The van der Waals surface area contributed by atoms with Gasteiger partial charge in [-0.2, -0.15) is 5.10 Å². The van der Waals surface area contributed by atoms with Crippen molar-refractivity contribution in [2.75, 3.05) is 0 Å². The van der Waals surface area contributed by atoms with Gasteiger partial charge in [-0.05, 0) is 98.8 Å². The number of hydrogen-bond acceptors (Lipinski definition) is 3. The average molecular weight is 577 g/mol. The van der Waals surface area contributed by atoms with Crippen LogP contribution in [-0.2, 0) is 6.42 Å². The second-order valence-electron chi connectivity index (χ2n) is 11.6. The van der Waals surface area contributed by atoms with E-state index in [4.69, 9.17) is 14.8 Å². The fraction of sp³-hybridized carbons (Fsp3) is 0.179. The number of aryl methyl sites for hydroxylation is 3. The number of hydrogen-bond donors (Lipinski definition) is 0. The highest BCUT2D eigenvalue weighted by atomic mass is 16.5. The van der Waals surface area contributed by atoms with Gasteiger partial charge in [0.05, 0.1) is 22.4 Å². The highest BCUT2D eigenvalue weighted by molar-refractivity contribution is 6.09. The molecular weight excluding hydrogens is 540 g/mol. The van der Waals surface area contributed by atoms with Crippen LogP contribution in [0.1, 0.15) is 42.3 Å². The first-order valence-electron chi connectivity index (χ1n) is 15.4. The number of nitrogens with zero attached hydrogens (tertiary/aromatic N) is 4. The molecule has 7 aromatic rings. The van der Waals surface area contributed by atoms with Gasteiger partial charge in [-0.25, -0.2) is 9.67 Å². The van der Waals surface area contributed by atoms with Gasteiger partial charge in [0.25, 0.3) is 0 Å². The predicted octanol–water partition coefficient (Wildman–Crippen LogP) is 10.1. The minimum atomic E-state index is 0.758. The smallest absolute Gasteiger partial charge is 0.137 e. The Balaban J connectivity index is 1.29. The van der Waals surface area contributed by atoms with Crippen molar-refractivity contribution >= 4 is 21.8 Å². The van der Waals surface area contributed by atoms with Crippen LogP contribution < -0.4 is 4.74 Å². The first kappa shape index (κ1) is 27.7. The average Bonchev–Trinajstić information content (AvgIpc) is 3.52. The fourth-order valence-electron chi connectivity index (χ4n) is 6.27. The SMILES string of the molecule is CCCCc1ccc2c(c1)c1ccc(Oc3cccc(-n4nc(C)c(-c5ccccc5)c4C)c3)cc1n2-c1cc(C)ccn1. The van der Waals surface area contributed by atoms with Crippen molar-refractivity contribution in [2.24, 2.45) is 0 Å². The van der Waals surface area contributed by atoms with Gasteiger partial charge in [0, 0.05) is 40.4 Å². The third kappa shape index (κ3) is 5.05. The minimum absolute atomic E-state index is 0.758. The van der Waals surface area contributed by atoms with E-state index < -0.39 is 0 Å². The quantitative estimate of drug-likeness (QED) is 0.181. The molecule has 218 valence electrons. The van der Waals surface area contributed by atoms with Crippen LogP contribution >= 0.6 is 0 Å². The molecule has 0 saturated carbocycles. The summed E-state index contributed by atoms with van der Waals surface area (Å²) in [6.45, 7) is 8.53. The first-order valence-corrected chi connectivity index (χ1v) is 15.4. The lowest BCUT2D eigenvalue weighted by atomic mass is 10.0. The maximum absolute atomic E-state index is 6.52. The summed E-state index contributed by atoms with van der Waals surface area (Å²) >= 11 is 0. The normalized spacial score (nSPS) is 11.5. The van der Waals surface area contributed by atoms with Crippen molar-refractivity contribution < 1.29 is 4.74 Å². The van der Waals surface area contributed by atoms with Gasteiger partial charge in [-0.3, -0.25) is 4.57 Å². The third-order valence-corrected chi connectivity index (χ3v) is 8.40. The number of rotatable bonds is 8. The Morgan fingerprint density at radius 1 is 0.727 bits per heavy atom. The number of ether oxygens (including phenoxy) is 1. The monoisotopic (exact) mass is 576 g/mol. The molecule has 0 saturated heterocycles. The summed E-state index contributed by atoms with van der Waals surface area (Å²) in [6.07, 6.45) is 5.34. The summed E-state index contributed by atoms with van der Waals surface area (Å²) in [5.74, 6) is 2.44. The molecule has 0 spiro atoms. The molecule has 3 aromatic heterocycles. The van der Waals surface area contributed by atoms with E-state index in [0.717, 1.165) is 57.4 Å². The zero-order valence-corrected chi connectivity index (χ0v) is 25.7. The van der Waals surface area contributed by atoms with Crippen molar-refractivity contribution in [3.05, 3.63) is 132 Å². The molecule has 44 heavy (non-hydrogen) atoms. The van der Waals surface area contributed by atoms with Crippen molar-refractivity contribution in [2.45, 2.75) is 47.0 Å². The van der Waals surface area contributed by atoms with Gasteiger partial charge in [0.2, 0.25) is 0 Å². The van der Waals surface area contributed by atoms with Gasteiger partial charge < -0.3 is 4.74 Å². The zero-order valence-electron chi connectivity index (χ0n) is 25.7. The molecule has 0 radical (unpaired) electrons. The lowest BCUT2D eigenvalue weighted by Gasteiger charge is -2.11. The molecule has 0 amide bonds. The van der Waals surface area contributed by atoms with Crippen LogP contribution in [0.15, 0.2) is 109 Å². The Labute approximate surface area is 258 Å². The highest BCUT2D eigenvalue weighted by Crippen LogP contribution is 2.36. The van der Waals surface area contributed by atoms with Gasteiger partial charge in [-0.1, -0.05) is 55.8 Å². The molecular formula is C39H36N4O. The molecule has 0 aliphatic rings. The molecule has 3 heterocycles. The van der Waals surface area contributed by atoms with E-state index in [1.807, 2.05) is 35.1 Å². The fourth-order valence-corrected chi connectivity index (χ4v) is 6.27. The van der Waals surface area contributed by atoms with Crippen LogP contribution in [0.3, 0.4) is 0 Å². The molecule has 0 fully saturated rings. The van der Waals surface area contributed by atoms with E-state index >= 15 is 0 Å². The topological polar surface area (TPSA) is 44.9 Å². The Bertz CT molecular complexity index is 2120. The standard InChI is InChI=1S/C39H36N4O/c1-5-6-11-29-16-19-36-35(23-29)34-18-17-33(25-37(34)42(36)38-22-26(2)20-21-40-38)44-32-15-10-14-31(24-32)43-28(4)39(27(3)41-43)30-12-8-7-9-13-30/h7-10,12-25H,5-6,11H2,1-4H3. The summed E-state index contributed by atoms with van der Waals surface area (Å²) in [5.41, 5.74) is 10.2. The van der Waals surface area contributed by atoms with Gasteiger partial charge in [0.15, 0.2) is 0 Å². The minimum Gasteiger partial charge on any atom is -0.457 e. The molecule has 0 unspecified atom stereocenters. The molecule has 5 nitrogen and oxygen atoms in total. The van der Waals surface area contributed by atoms with Gasteiger partial charge in [-0.15, -0.1) is 0 Å². The molecule has 4 aromatic carbocycles. The number of aromatic nitrogens is 4. The van der Waals surface area contributed by atoms with Crippen LogP contribution in [-0.4, -0.2) is 19.3 Å². The Hall–Kier alpha value is -5.16. The summed E-state index contributed by atoms with van der Waals surface area (Å²) in [6, 6.07) is 36.0. The van der Waals surface area contributed by atoms with Crippen molar-refractivity contribution in [1.82, 2.24) is 19.3 Å². The van der Waals surface area contributed by atoms with E-state index in [2.05, 4.69) is 111 Å². The summed E-state index contributed by atoms with van der Waals surface area (Å²) in [4.78, 5) is 4.76. The molecule has 0 bridgehead atoms. The molecule has 7 rings (SSSR count). The maximum Gasteiger partial charge on any atom is 0.137 e. The van der Waals surface area contributed by atoms with Crippen molar-refractivity contribution in [3.8, 4) is 34.1 Å². The highest BCUT2D eigenvalue weighted by Gasteiger charge is 2.17. The van der Waals surface area contributed by atoms with E-state index in [9.17, 15) is 0 Å². The number of unbranched alkanes of at least 4 members (excludes halogenated alkanes) is 1. The van der Waals surface area contributed by atoms with Gasteiger partial charge >= 0.3 is 0 Å². The lowest BCUT2D eigenvalue weighted by molar-refractivity contribution is 0.483. The van der Waals surface area contributed by atoms with E-state index in [0.29, 0.717) is 0 Å². The van der Waals surface area contributed by atoms with Crippen molar-refractivity contribution in [1.29, 1.82) is 0 Å². The number of fused-ring (bicyclic) bond motifs is 3.